The third kappa shape index (κ3) is 6.64. The number of benzene rings is 2. The highest BCUT2D eigenvalue weighted by molar-refractivity contribution is 5.84. The second-order valence-electron chi connectivity index (χ2n) is 6.83. The van der Waals surface area contributed by atoms with Gasteiger partial charge in [0.2, 0.25) is 5.91 Å². The molecule has 0 fully saturated rings. The molecule has 0 aliphatic rings. The molecular formula is C24H26N2O5. The van der Waals surface area contributed by atoms with Crippen molar-refractivity contribution in [2.24, 2.45) is 0 Å². The predicted octanol–water partition coefficient (Wildman–Crippen LogP) is 3.89. The van der Waals surface area contributed by atoms with Gasteiger partial charge >= 0.3 is 0 Å². The van der Waals surface area contributed by atoms with E-state index in [-0.39, 0.29) is 12.3 Å². The van der Waals surface area contributed by atoms with Crippen LogP contribution in [-0.2, 0) is 16.0 Å². The predicted molar refractivity (Wildman–Crippen MR) is 116 cm³/mol. The van der Waals surface area contributed by atoms with Crippen molar-refractivity contribution in [3.63, 3.8) is 0 Å². The SMILES string of the molecule is CCOc1ccc(OC(C)C(=O)NNC(=O)CCc2ccc(-c3ccccc3)o2)cc1. The van der Waals surface area contributed by atoms with Crippen molar-refractivity contribution in [1.82, 2.24) is 10.9 Å². The molecule has 2 amide bonds. The Morgan fingerprint density at radius 3 is 2.35 bits per heavy atom. The van der Waals surface area contributed by atoms with E-state index in [4.69, 9.17) is 13.9 Å². The molecule has 0 aliphatic heterocycles. The minimum Gasteiger partial charge on any atom is -0.494 e. The molecule has 0 saturated heterocycles. The number of hydrogen-bond acceptors (Lipinski definition) is 5. The Morgan fingerprint density at radius 1 is 0.935 bits per heavy atom. The fourth-order valence-corrected chi connectivity index (χ4v) is 2.84. The van der Waals surface area contributed by atoms with E-state index in [2.05, 4.69) is 10.9 Å². The van der Waals surface area contributed by atoms with E-state index < -0.39 is 12.0 Å². The van der Waals surface area contributed by atoms with E-state index in [1.165, 1.54) is 0 Å². The maximum Gasteiger partial charge on any atom is 0.279 e. The first-order valence-corrected chi connectivity index (χ1v) is 10.2. The van der Waals surface area contributed by atoms with Crippen molar-refractivity contribution in [2.45, 2.75) is 32.8 Å². The summed E-state index contributed by atoms with van der Waals surface area (Å²) >= 11 is 0. The van der Waals surface area contributed by atoms with Gasteiger partial charge < -0.3 is 13.9 Å². The summed E-state index contributed by atoms with van der Waals surface area (Å²) in [5, 5.41) is 0. The number of ether oxygens (including phenoxy) is 2. The van der Waals surface area contributed by atoms with Gasteiger partial charge in [-0.15, -0.1) is 0 Å². The lowest BCUT2D eigenvalue weighted by Gasteiger charge is -2.15. The molecule has 1 unspecified atom stereocenters. The molecule has 31 heavy (non-hydrogen) atoms. The van der Waals surface area contributed by atoms with Crippen LogP contribution in [0.1, 0.15) is 26.0 Å². The number of carbonyl (C=O) groups is 2. The average molecular weight is 422 g/mol. The third-order valence-corrected chi connectivity index (χ3v) is 4.46. The minimum absolute atomic E-state index is 0.177. The lowest BCUT2D eigenvalue weighted by Crippen LogP contribution is -2.47. The molecule has 3 aromatic rings. The zero-order valence-electron chi connectivity index (χ0n) is 17.6. The molecule has 0 radical (unpaired) electrons. The standard InChI is InChI=1S/C24H26N2O5/c1-3-29-19-9-11-20(12-10-19)30-17(2)24(28)26-25-23(27)16-14-21-13-15-22(31-21)18-7-5-4-6-8-18/h4-13,15,17H,3,14,16H2,1-2H3,(H,25,27)(H,26,28). The van der Waals surface area contributed by atoms with E-state index in [1.54, 1.807) is 31.2 Å². The van der Waals surface area contributed by atoms with Crippen LogP contribution in [0, 0.1) is 0 Å². The van der Waals surface area contributed by atoms with E-state index in [0.717, 1.165) is 17.1 Å². The summed E-state index contributed by atoms with van der Waals surface area (Å²) in [5.74, 6) is 1.94. The molecule has 0 bridgehead atoms. The fraction of sp³-hybridized carbons (Fsp3) is 0.250. The molecule has 1 aromatic heterocycles. The van der Waals surface area contributed by atoms with Crippen LogP contribution in [0.25, 0.3) is 11.3 Å². The summed E-state index contributed by atoms with van der Waals surface area (Å²) in [4.78, 5) is 24.2. The van der Waals surface area contributed by atoms with Gasteiger partial charge in [-0.3, -0.25) is 20.4 Å². The fourth-order valence-electron chi connectivity index (χ4n) is 2.84. The first-order valence-electron chi connectivity index (χ1n) is 10.2. The van der Waals surface area contributed by atoms with Crippen molar-refractivity contribution in [3.8, 4) is 22.8 Å². The second kappa shape index (κ2) is 10.9. The highest BCUT2D eigenvalue weighted by Gasteiger charge is 2.16. The van der Waals surface area contributed by atoms with Crippen molar-refractivity contribution in [3.05, 3.63) is 72.5 Å². The van der Waals surface area contributed by atoms with Crippen LogP contribution >= 0.6 is 0 Å². The number of hydrazine groups is 1. The van der Waals surface area contributed by atoms with Crippen LogP contribution in [0.2, 0.25) is 0 Å². The molecule has 0 aliphatic carbocycles. The quantitative estimate of drug-likeness (QED) is 0.511. The Kier molecular flexibility index (Phi) is 7.70. The van der Waals surface area contributed by atoms with Gasteiger partial charge in [0.25, 0.3) is 5.91 Å². The van der Waals surface area contributed by atoms with E-state index in [1.807, 2.05) is 49.4 Å². The van der Waals surface area contributed by atoms with Crippen LogP contribution in [0.4, 0.5) is 0 Å². The topological polar surface area (TPSA) is 89.8 Å². The molecule has 7 nitrogen and oxygen atoms in total. The first kappa shape index (κ1) is 22.0. The van der Waals surface area contributed by atoms with E-state index in [0.29, 0.717) is 24.5 Å². The number of hydrogen-bond donors (Lipinski definition) is 2. The van der Waals surface area contributed by atoms with Crippen LogP contribution in [-0.4, -0.2) is 24.5 Å². The summed E-state index contributed by atoms with van der Waals surface area (Å²) in [6.45, 7) is 4.08. The Morgan fingerprint density at radius 2 is 1.65 bits per heavy atom. The number of rotatable bonds is 9. The number of nitrogens with one attached hydrogen (secondary N) is 2. The number of furan rings is 1. The molecule has 0 saturated carbocycles. The minimum atomic E-state index is -0.781. The normalized spacial score (nSPS) is 11.4. The second-order valence-corrected chi connectivity index (χ2v) is 6.83. The molecule has 3 rings (SSSR count). The van der Waals surface area contributed by atoms with Crippen LogP contribution in [0.3, 0.4) is 0 Å². The molecule has 162 valence electrons. The Hall–Kier alpha value is -3.74. The van der Waals surface area contributed by atoms with Gasteiger partial charge in [0.1, 0.15) is 23.0 Å². The van der Waals surface area contributed by atoms with E-state index >= 15 is 0 Å². The summed E-state index contributed by atoms with van der Waals surface area (Å²) < 4.78 is 16.7. The average Bonchev–Trinajstić information content (AvgIpc) is 3.27. The van der Waals surface area contributed by atoms with Crippen molar-refractivity contribution in [2.75, 3.05) is 6.61 Å². The van der Waals surface area contributed by atoms with Crippen LogP contribution < -0.4 is 20.3 Å². The van der Waals surface area contributed by atoms with Gasteiger partial charge in [0.15, 0.2) is 6.10 Å². The van der Waals surface area contributed by atoms with Gasteiger partial charge in [0.05, 0.1) is 6.61 Å². The highest BCUT2D eigenvalue weighted by Crippen LogP contribution is 2.22. The third-order valence-electron chi connectivity index (χ3n) is 4.46. The van der Waals surface area contributed by atoms with Gasteiger partial charge in [-0.1, -0.05) is 30.3 Å². The molecule has 0 spiro atoms. The molecule has 2 N–H and O–H groups in total. The summed E-state index contributed by atoms with van der Waals surface area (Å²) in [6, 6.07) is 20.4. The zero-order valence-corrected chi connectivity index (χ0v) is 17.6. The van der Waals surface area contributed by atoms with Crippen molar-refractivity contribution < 1.29 is 23.5 Å². The van der Waals surface area contributed by atoms with Crippen molar-refractivity contribution >= 4 is 11.8 Å². The molecule has 2 aromatic carbocycles. The lowest BCUT2D eigenvalue weighted by atomic mass is 10.2. The monoisotopic (exact) mass is 422 g/mol. The van der Waals surface area contributed by atoms with Gasteiger partial charge in [-0.2, -0.15) is 0 Å². The van der Waals surface area contributed by atoms with E-state index in [9.17, 15) is 9.59 Å². The van der Waals surface area contributed by atoms with Gasteiger partial charge in [-0.05, 0) is 50.2 Å². The number of amides is 2. The first-order chi connectivity index (χ1) is 15.0. The Balaban J connectivity index is 1.39. The summed E-state index contributed by atoms with van der Waals surface area (Å²) in [6.07, 6.45) is -0.181. The molecule has 1 heterocycles. The molecular weight excluding hydrogens is 396 g/mol. The van der Waals surface area contributed by atoms with Crippen LogP contribution in [0.15, 0.2) is 71.1 Å². The smallest absolute Gasteiger partial charge is 0.279 e. The Labute approximate surface area is 181 Å². The molecule has 1 atom stereocenters. The van der Waals surface area contributed by atoms with Gasteiger partial charge in [-0.25, -0.2) is 0 Å². The van der Waals surface area contributed by atoms with Crippen LogP contribution in [0.5, 0.6) is 11.5 Å². The number of carbonyl (C=O) groups excluding carboxylic acids is 2. The van der Waals surface area contributed by atoms with Gasteiger partial charge in [0, 0.05) is 18.4 Å². The lowest BCUT2D eigenvalue weighted by molar-refractivity contribution is -0.132. The highest BCUT2D eigenvalue weighted by atomic mass is 16.5. The molecule has 7 heteroatoms. The number of aryl methyl sites for hydroxylation is 1. The Bertz CT molecular complexity index is 983. The maximum atomic E-state index is 12.2. The van der Waals surface area contributed by atoms with Crippen molar-refractivity contribution in [1.29, 1.82) is 0 Å². The largest absolute Gasteiger partial charge is 0.494 e. The zero-order chi connectivity index (χ0) is 22.1. The summed E-state index contributed by atoms with van der Waals surface area (Å²) in [5.41, 5.74) is 5.76. The maximum absolute atomic E-state index is 12.2. The summed E-state index contributed by atoms with van der Waals surface area (Å²) in [7, 11) is 0.